The highest BCUT2D eigenvalue weighted by Crippen LogP contribution is 2.53. The molecule has 0 fully saturated rings. The number of anilines is 4. The Hall–Kier alpha value is -7.23. The topological polar surface area (TPSA) is 19.4 Å². The van der Waals surface area contributed by atoms with Crippen molar-refractivity contribution in [3.8, 4) is 33.5 Å². The van der Waals surface area contributed by atoms with E-state index in [1.807, 2.05) is 12.3 Å². The molecule has 8 aromatic rings. The van der Waals surface area contributed by atoms with Crippen LogP contribution in [-0.2, 0) is 18.3 Å². The smallest absolute Gasteiger partial charge is 0.0714 e. The molecule has 3 aliphatic carbocycles. The van der Waals surface area contributed by atoms with Gasteiger partial charge in [-0.1, -0.05) is 117 Å². The highest BCUT2D eigenvalue weighted by atomic mass is 15.2. The summed E-state index contributed by atoms with van der Waals surface area (Å²) < 4.78 is 0. The number of nitrogens with zero attached hydrogens (tertiary/aromatic N) is 3. The minimum Gasteiger partial charge on any atom is -0.310 e. The van der Waals surface area contributed by atoms with E-state index in [1.54, 1.807) is 11.1 Å². The second-order valence-corrected chi connectivity index (χ2v) is 19.1. The lowest BCUT2D eigenvalue weighted by Gasteiger charge is -2.31. The highest BCUT2D eigenvalue weighted by Gasteiger charge is 2.36. The molecular formula is C62H51N3. The van der Waals surface area contributed by atoms with Crippen LogP contribution in [0.5, 0.6) is 0 Å². The van der Waals surface area contributed by atoms with Crippen molar-refractivity contribution in [2.24, 2.45) is 0 Å². The predicted octanol–water partition coefficient (Wildman–Crippen LogP) is 16.4. The van der Waals surface area contributed by atoms with Gasteiger partial charge in [0.2, 0.25) is 0 Å². The molecule has 0 unspecified atom stereocenters. The fourth-order valence-corrected chi connectivity index (χ4v) is 12.1. The minimum absolute atomic E-state index is 0.134. The number of aryl methyl sites for hydroxylation is 2. The summed E-state index contributed by atoms with van der Waals surface area (Å²) in [6, 6.07) is 55.4. The Morgan fingerprint density at radius 3 is 1.68 bits per heavy atom. The number of fused-ring (bicyclic) bond motifs is 7. The fourth-order valence-electron chi connectivity index (χ4n) is 12.1. The maximum Gasteiger partial charge on any atom is 0.0714 e. The molecule has 65 heavy (non-hydrogen) atoms. The van der Waals surface area contributed by atoms with Gasteiger partial charge in [0.05, 0.1) is 5.69 Å². The van der Waals surface area contributed by atoms with Crippen LogP contribution in [-0.4, -0.2) is 4.98 Å². The van der Waals surface area contributed by atoms with Gasteiger partial charge in [-0.25, -0.2) is 0 Å². The van der Waals surface area contributed by atoms with Gasteiger partial charge < -0.3 is 9.80 Å². The third-order valence-corrected chi connectivity index (χ3v) is 15.2. The fraction of sp³-hybridized carbons (Fsp3) is 0.177. The molecule has 3 nitrogen and oxygen atoms in total. The number of pyridine rings is 1. The maximum atomic E-state index is 5.15. The first-order valence-electron chi connectivity index (χ1n) is 23.7. The highest BCUT2D eigenvalue weighted by molar-refractivity contribution is 6.22. The molecule has 0 amide bonds. The zero-order valence-corrected chi connectivity index (χ0v) is 37.2. The molecule has 0 spiro atoms. The van der Waals surface area contributed by atoms with Crippen LogP contribution >= 0.6 is 0 Å². The van der Waals surface area contributed by atoms with Crippen molar-refractivity contribution in [1.82, 2.24) is 4.98 Å². The Morgan fingerprint density at radius 2 is 1.03 bits per heavy atom. The average molecular weight is 838 g/mol. The predicted molar refractivity (Wildman–Crippen MR) is 272 cm³/mol. The number of benzene rings is 7. The summed E-state index contributed by atoms with van der Waals surface area (Å²) >= 11 is 0. The number of rotatable bonds is 4. The van der Waals surface area contributed by atoms with Gasteiger partial charge >= 0.3 is 0 Å². The lowest BCUT2D eigenvalue weighted by molar-refractivity contribution is 0.660. The number of aromatic nitrogens is 1. The van der Waals surface area contributed by atoms with Gasteiger partial charge in [-0.15, -0.1) is 0 Å². The first-order valence-corrected chi connectivity index (χ1v) is 23.7. The van der Waals surface area contributed by atoms with Crippen LogP contribution in [0.25, 0.3) is 55.1 Å². The lowest BCUT2D eigenvalue weighted by atomic mass is 9.80. The van der Waals surface area contributed by atoms with Crippen LogP contribution in [0.1, 0.15) is 74.6 Å². The summed E-state index contributed by atoms with van der Waals surface area (Å²) in [5.74, 6) is 0. The minimum atomic E-state index is -0.134. The Balaban J connectivity index is 1.13. The van der Waals surface area contributed by atoms with Crippen LogP contribution in [0.2, 0.25) is 0 Å². The summed E-state index contributed by atoms with van der Waals surface area (Å²) in [5.41, 5.74) is 23.5. The van der Waals surface area contributed by atoms with Crippen LogP contribution in [0, 0.1) is 0 Å². The molecule has 0 bridgehead atoms. The SMILES string of the molecule is CC1(C)c2ccccc2-c2ccc(-c3c4cc(N5C6=C(CCC=C6)CCc6ccccc65)ccc4c(-c4ccccn4)c4cc(N5C6=C(CCC=C6)CCc6ccccc65)ccc34)cc21. The molecule has 0 radical (unpaired) electrons. The molecule has 3 heterocycles. The van der Waals surface area contributed by atoms with Crippen molar-refractivity contribution >= 4 is 44.3 Å². The lowest BCUT2D eigenvalue weighted by Crippen LogP contribution is -2.18. The van der Waals surface area contributed by atoms with E-state index in [1.165, 1.54) is 106 Å². The van der Waals surface area contributed by atoms with E-state index in [9.17, 15) is 0 Å². The van der Waals surface area contributed by atoms with E-state index in [2.05, 4.69) is 187 Å². The molecule has 5 aliphatic rings. The van der Waals surface area contributed by atoms with Gasteiger partial charge in [-0.05, 0) is 195 Å². The van der Waals surface area contributed by atoms with Crippen molar-refractivity contribution in [3.05, 3.63) is 221 Å². The standard InChI is InChI=1S/C62H51N3/c1-62(2)53-20-8-7-19-47(53)48-33-30-44(37-54(48)62)60-49-34-31-46(65-58-24-11-5-17-42(58)28-29-43-18-6-12-25-59(43)65)39-52(49)61(55-21-13-14-36-63-55)50-35-32-45(38-51(50)60)64-56-22-9-3-15-40(56)26-27-41-16-4-10-23-57(41)64/h3,5,7-15,17,19-25,30-39H,4,6,16,18,26-29H2,1-2H3. The third-order valence-electron chi connectivity index (χ3n) is 15.2. The van der Waals surface area contributed by atoms with E-state index >= 15 is 0 Å². The zero-order valence-electron chi connectivity index (χ0n) is 37.2. The molecule has 0 atom stereocenters. The molecular weight excluding hydrogens is 787 g/mol. The molecule has 0 N–H and O–H groups in total. The van der Waals surface area contributed by atoms with Gasteiger partial charge in [-0.3, -0.25) is 4.98 Å². The van der Waals surface area contributed by atoms with Crippen molar-refractivity contribution in [3.63, 3.8) is 0 Å². The van der Waals surface area contributed by atoms with Crippen LogP contribution < -0.4 is 9.80 Å². The van der Waals surface area contributed by atoms with E-state index in [0.29, 0.717) is 0 Å². The number of hydrogen-bond donors (Lipinski definition) is 0. The van der Waals surface area contributed by atoms with E-state index in [-0.39, 0.29) is 5.41 Å². The first-order chi connectivity index (χ1) is 32.0. The Labute approximate surface area is 382 Å². The molecule has 0 saturated carbocycles. The second kappa shape index (κ2) is 14.9. The van der Waals surface area contributed by atoms with Gasteiger partial charge in [0.15, 0.2) is 0 Å². The van der Waals surface area contributed by atoms with Gasteiger partial charge in [0.1, 0.15) is 0 Å². The van der Waals surface area contributed by atoms with Crippen LogP contribution in [0.4, 0.5) is 22.7 Å². The number of allylic oxidation sites excluding steroid dienone is 6. The third kappa shape index (κ3) is 5.98. The Morgan fingerprint density at radius 1 is 0.462 bits per heavy atom. The van der Waals surface area contributed by atoms with E-state index < -0.39 is 0 Å². The molecule has 13 rings (SSSR count). The maximum absolute atomic E-state index is 5.15. The quantitative estimate of drug-likeness (QED) is 0.165. The molecule has 2 aliphatic heterocycles. The molecule has 3 heteroatoms. The van der Waals surface area contributed by atoms with Crippen LogP contribution in [0.3, 0.4) is 0 Å². The summed E-state index contributed by atoms with van der Waals surface area (Å²) in [5, 5.41) is 4.89. The normalized spacial score (nSPS) is 17.0. The van der Waals surface area contributed by atoms with E-state index in [0.717, 1.165) is 57.1 Å². The number of para-hydroxylation sites is 2. The van der Waals surface area contributed by atoms with E-state index in [4.69, 9.17) is 4.98 Å². The monoisotopic (exact) mass is 837 g/mol. The number of hydrogen-bond acceptors (Lipinski definition) is 3. The van der Waals surface area contributed by atoms with Crippen molar-refractivity contribution in [1.29, 1.82) is 0 Å². The Kier molecular flexibility index (Phi) is 8.78. The molecule has 1 aromatic heterocycles. The van der Waals surface area contributed by atoms with Crippen molar-refractivity contribution < 1.29 is 0 Å². The summed E-state index contributed by atoms with van der Waals surface area (Å²) in [4.78, 5) is 10.3. The summed E-state index contributed by atoms with van der Waals surface area (Å²) in [7, 11) is 0. The summed E-state index contributed by atoms with van der Waals surface area (Å²) in [6.45, 7) is 4.79. The second-order valence-electron chi connectivity index (χ2n) is 19.1. The van der Waals surface area contributed by atoms with Crippen molar-refractivity contribution in [2.45, 2.75) is 70.6 Å². The molecule has 0 saturated heterocycles. The average Bonchev–Trinajstić information content (AvgIpc) is 3.47. The van der Waals surface area contributed by atoms with Gasteiger partial charge in [-0.2, -0.15) is 0 Å². The van der Waals surface area contributed by atoms with Gasteiger partial charge in [0, 0.05) is 51.3 Å². The summed E-state index contributed by atoms with van der Waals surface area (Å²) in [6.07, 6.45) is 20.1. The zero-order chi connectivity index (χ0) is 43.2. The first kappa shape index (κ1) is 38.2. The Bertz CT molecular complexity index is 3410. The molecule has 314 valence electrons. The largest absolute Gasteiger partial charge is 0.310 e. The van der Waals surface area contributed by atoms with Gasteiger partial charge in [0.25, 0.3) is 0 Å². The molecule has 7 aromatic carbocycles. The van der Waals surface area contributed by atoms with Crippen LogP contribution in [0.15, 0.2) is 199 Å². The van der Waals surface area contributed by atoms with Crippen molar-refractivity contribution in [2.75, 3.05) is 9.80 Å².